The van der Waals surface area contributed by atoms with Crippen LogP contribution in [0.25, 0.3) is 0 Å². The van der Waals surface area contributed by atoms with Crippen LogP contribution in [0.1, 0.15) is 23.1 Å². The molecule has 4 rings (SSSR count). The number of nitrogens with one attached hydrogen (secondary N) is 2. The van der Waals surface area contributed by atoms with Crippen molar-refractivity contribution >= 4 is 27.7 Å². The predicted octanol–water partition coefficient (Wildman–Crippen LogP) is 3.80. The van der Waals surface area contributed by atoms with Crippen molar-refractivity contribution in [3.8, 4) is 11.5 Å². The first kappa shape index (κ1) is 26.7. The number of hydrazine groups is 1. The minimum absolute atomic E-state index is 0.0815. The molecule has 0 radical (unpaired) electrons. The van der Waals surface area contributed by atoms with Gasteiger partial charge in [-0.15, -0.1) is 0 Å². The molecule has 8 nitrogen and oxygen atoms in total. The third kappa shape index (κ3) is 6.68. The number of para-hydroxylation sites is 1. The molecule has 37 heavy (non-hydrogen) atoms. The number of nitrogens with zero attached hydrogens (tertiary/aromatic N) is 1. The molecule has 9 heteroatoms. The summed E-state index contributed by atoms with van der Waals surface area (Å²) in [7, 11) is 1.62. The minimum Gasteiger partial charge on any atom is -0.496 e. The van der Waals surface area contributed by atoms with Gasteiger partial charge in [-0.2, -0.15) is 0 Å². The zero-order valence-corrected chi connectivity index (χ0v) is 22.2. The lowest BCUT2D eigenvalue weighted by atomic mass is 9.91. The lowest BCUT2D eigenvalue weighted by Gasteiger charge is -2.24. The van der Waals surface area contributed by atoms with Crippen LogP contribution in [-0.2, 0) is 22.5 Å². The second-order valence-corrected chi connectivity index (χ2v) is 9.43. The molecule has 0 fully saturated rings. The van der Waals surface area contributed by atoms with Gasteiger partial charge >= 0.3 is 0 Å². The lowest BCUT2D eigenvalue weighted by Crippen LogP contribution is -2.52. The van der Waals surface area contributed by atoms with E-state index < -0.39 is 5.54 Å². The third-order valence-electron chi connectivity index (χ3n) is 5.97. The zero-order valence-electron chi connectivity index (χ0n) is 20.6. The second-order valence-electron chi connectivity index (χ2n) is 8.57. The van der Waals surface area contributed by atoms with Gasteiger partial charge in [-0.25, -0.2) is 10.4 Å². The number of aliphatic hydroxyl groups is 1. The van der Waals surface area contributed by atoms with Gasteiger partial charge < -0.3 is 19.3 Å². The molecule has 1 amide bonds. The average Bonchev–Trinajstić information content (AvgIpc) is 3.36. The van der Waals surface area contributed by atoms with Crippen molar-refractivity contribution in [2.75, 3.05) is 26.9 Å². The van der Waals surface area contributed by atoms with Crippen LogP contribution in [0.5, 0.6) is 11.5 Å². The van der Waals surface area contributed by atoms with E-state index in [0.717, 1.165) is 26.9 Å². The highest BCUT2D eigenvalue weighted by Gasteiger charge is 2.45. The molecule has 3 aromatic rings. The molecule has 3 aromatic carbocycles. The Morgan fingerprint density at radius 3 is 2.54 bits per heavy atom. The molecule has 1 aliphatic heterocycles. The maximum absolute atomic E-state index is 13.6. The SMILES string of the molecule is COc1ccccc1CNNC(=O)[C@]1(Cc2ccccc2Br)COC(c2ccc(OCCCO)cc2)=N1. The van der Waals surface area contributed by atoms with Crippen LogP contribution >= 0.6 is 15.9 Å². The first-order chi connectivity index (χ1) is 18.0. The number of hydrogen-bond acceptors (Lipinski definition) is 7. The smallest absolute Gasteiger partial charge is 0.266 e. The number of ether oxygens (including phenoxy) is 3. The number of halogens is 1. The van der Waals surface area contributed by atoms with Gasteiger partial charge in [0.15, 0.2) is 5.54 Å². The Bertz CT molecular complexity index is 1230. The molecule has 0 saturated carbocycles. The summed E-state index contributed by atoms with van der Waals surface area (Å²) in [5.74, 6) is 1.53. The summed E-state index contributed by atoms with van der Waals surface area (Å²) in [5, 5.41) is 8.93. The second kappa shape index (κ2) is 12.7. The lowest BCUT2D eigenvalue weighted by molar-refractivity contribution is -0.127. The molecule has 0 saturated heterocycles. The zero-order chi connectivity index (χ0) is 26.1. The summed E-state index contributed by atoms with van der Waals surface area (Å²) >= 11 is 3.59. The number of amides is 1. The topological polar surface area (TPSA) is 101 Å². The highest BCUT2D eigenvalue weighted by atomic mass is 79.9. The fraction of sp³-hybridized carbons (Fsp3) is 0.286. The molecule has 0 bridgehead atoms. The Hall–Kier alpha value is -3.40. The molecule has 0 spiro atoms. The van der Waals surface area contributed by atoms with E-state index in [4.69, 9.17) is 24.3 Å². The number of carbonyl (C=O) groups is 1. The summed E-state index contributed by atoms with van der Waals surface area (Å²) in [6.07, 6.45) is 0.914. The highest BCUT2D eigenvalue weighted by molar-refractivity contribution is 9.10. The van der Waals surface area contributed by atoms with Crippen LogP contribution < -0.4 is 20.3 Å². The Morgan fingerprint density at radius 2 is 1.81 bits per heavy atom. The van der Waals surface area contributed by atoms with Gasteiger partial charge in [0, 0.05) is 41.6 Å². The molecular weight excluding hydrogens is 538 g/mol. The van der Waals surface area contributed by atoms with Crippen LogP contribution in [0.15, 0.2) is 82.3 Å². The van der Waals surface area contributed by atoms with E-state index in [-0.39, 0.29) is 19.1 Å². The van der Waals surface area contributed by atoms with Gasteiger partial charge in [0.1, 0.15) is 18.1 Å². The molecule has 1 aliphatic rings. The van der Waals surface area contributed by atoms with Crippen LogP contribution in [0, 0.1) is 0 Å². The fourth-order valence-electron chi connectivity index (χ4n) is 3.97. The maximum Gasteiger partial charge on any atom is 0.266 e. The Kier molecular flexibility index (Phi) is 9.16. The van der Waals surface area contributed by atoms with E-state index >= 15 is 0 Å². The van der Waals surface area contributed by atoms with E-state index in [0.29, 0.717) is 37.6 Å². The summed E-state index contributed by atoms with van der Waals surface area (Å²) in [6, 6.07) is 22.7. The van der Waals surface area contributed by atoms with E-state index in [2.05, 4.69) is 26.8 Å². The van der Waals surface area contributed by atoms with Gasteiger partial charge in [0.2, 0.25) is 5.90 Å². The van der Waals surface area contributed by atoms with Gasteiger partial charge in [-0.1, -0.05) is 52.3 Å². The first-order valence-corrected chi connectivity index (χ1v) is 12.8. The quantitative estimate of drug-likeness (QED) is 0.227. The standard InChI is InChI=1S/C28H30BrN3O5/c1-35-25-10-5-3-8-22(25)18-30-32-27(34)28(17-21-7-2-4-9-24(21)29)19-37-26(31-28)20-11-13-23(14-12-20)36-16-6-15-33/h2-5,7-14,30,33H,6,15-19H2,1H3,(H,32,34)/t28-/m0/s1. The van der Waals surface area contributed by atoms with Gasteiger partial charge in [-0.05, 0) is 42.0 Å². The van der Waals surface area contributed by atoms with Crippen molar-refractivity contribution in [1.29, 1.82) is 0 Å². The number of hydrogen-bond donors (Lipinski definition) is 3. The summed E-state index contributed by atoms with van der Waals surface area (Å²) in [4.78, 5) is 18.4. The largest absolute Gasteiger partial charge is 0.496 e. The number of methoxy groups -OCH3 is 1. The number of rotatable bonds is 12. The van der Waals surface area contributed by atoms with Crippen molar-refractivity contribution in [1.82, 2.24) is 10.9 Å². The Morgan fingerprint density at radius 1 is 1.08 bits per heavy atom. The van der Waals surface area contributed by atoms with E-state index in [1.54, 1.807) is 7.11 Å². The van der Waals surface area contributed by atoms with Gasteiger partial charge in [0.25, 0.3) is 5.91 Å². The van der Waals surface area contributed by atoms with Crippen LogP contribution in [0.2, 0.25) is 0 Å². The van der Waals surface area contributed by atoms with E-state index in [1.807, 2.05) is 72.8 Å². The Balaban J connectivity index is 1.53. The van der Waals surface area contributed by atoms with Gasteiger partial charge in [0.05, 0.1) is 13.7 Å². The maximum atomic E-state index is 13.6. The molecule has 0 aliphatic carbocycles. The summed E-state index contributed by atoms with van der Waals surface area (Å²) in [6.45, 7) is 0.999. The molecule has 0 aromatic heterocycles. The fourth-order valence-corrected chi connectivity index (χ4v) is 4.40. The molecule has 1 atom stereocenters. The van der Waals surface area contributed by atoms with Crippen molar-refractivity contribution in [3.63, 3.8) is 0 Å². The van der Waals surface area contributed by atoms with Crippen molar-refractivity contribution in [2.24, 2.45) is 4.99 Å². The first-order valence-electron chi connectivity index (χ1n) is 12.0. The van der Waals surface area contributed by atoms with Crippen LogP contribution in [0.3, 0.4) is 0 Å². The average molecular weight is 568 g/mol. The minimum atomic E-state index is -1.16. The van der Waals surface area contributed by atoms with Crippen LogP contribution in [0.4, 0.5) is 0 Å². The molecule has 0 unspecified atom stereocenters. The van der Waals surface area contributed by atoms with E-state index in [1.165, 1.54) is 0 Å². The van der Waals surface area contributed by atoms with Crippen molar-refractivity contribution in [3.05, 3.63) is 94.0 Å². The van der Waals surface area contributed by atoms with Gasteiger partial charge in [-0.3, -0.25) is 10.2 Å². The molecule has 3 N–H and O–H groups in total. The van der Waals surface area contributed by atoms with Crippen LogP contribution in [-0.4, -0.2) is 49.4 Å². The number of aliphatic imine (C=N–C) groups is 1. The summed E-state index contributed by atoms with van der Waals surface area (Å²) in [5.41, 5.74) is 7.29. The Labute approximate surface area is 224 Å². The number of benzene rings is 3. The predicted molar refractivity (Wildman–Crippen MR) is 145 cm³/mol. The highest BCUT2D eigenvalue weighted by Crippen LogP contribution is 2.30. The van der Waals surface area contributed by atoms with Crippen molar-refractivity contribution < 1.29 is 24.1 Å². The number of carbonyl (C=O) groups excluding carboxylic acids is 1. The molecular formula is C28H30BrN3O5. The van der Waals surface area contributed by atoms with E-state index in [9.17, 15) is 4.79 Å². The summed E-state index contributed by atoms with van der Waals surface area (Å²) < 4.78 is 17.9. The number of aliphatic hydroxyl groups excluding tert-OH is 1. The van der Waals surface area contributed by atoms with Crippen molar-refractivity contribution in [2.45, 2.75) is 24.9 Å². The normalized spacial score (nSPS) is 16.6. The monoisotopic (exact) mass is 567 g/mol. The molecule has 1 heterocycles. The third-order valence-corrected chi connectivity index (χ3v) is 6.75. The molecule has 194 valence electrons.